The van der Waals surface area contributed by atoms with Crippen LogP contribution in [0.4, 0.5) is 11.4 Å². The van der Waals surface area contributed by atoms with Crippen LogP contribution in [0.2, 0.25) is 0 Å². The van der Waals surface area contributed by atoms with Crippen molar-refractivity contribution in [1.29, 1.82) is 0 Å². The number of anilines is 2. The zero-order valence-corrected chi connectivity index (χ0v) is 15.8. The predicted molar refractivity (Wildman–Crippen MR) is 106 cm³/mol. The lowest BCUT2D eigenvalue weighted by Crippen LogP contribution is -2.18. The minimum absolute atomic E-state index is 0.887. The zero-order chi connectivity index (χ0) is 17.9. The lowest BCUT2D eigenvalue weighted by molar-refractivity contribution is 0.415. The summed E-state index contributed by atoms with van der Waals surface area (Å²) in [5.74, 6) is 1.77. The SMILES string of the molecule is CCCCCCCCN(c1ccc(OC)cc1)c1ccc(OC)cc1. The second kappa shape index (κ2) is 10.7. The van der Waals surface area contributed by atoms with E-state index in [9.17, 15) is 0 Å². The molecule has 2 aromatic rings. The molecule has 2 aromatic carbocycles. The molecular formula is C22H31NO2. The number of benzene rings is 2. The Morgan fingerprint density at radius 3 is 1.52 bits per heavy atom. The Morgan fingerprint density at radius 1 is 0.640 bits per heavy atom. The lowest BCUT2D eigenvalue weighted by Gasteiger charge is -2.25. The number of hydrogen-bond acceptors (Lipinski definition) is 3. The molecule has 0 unspecified atom stereocenters. The Bertz CT molecular complexity index is 545. The van der Waals surface area contributed by atoms with Crippen LogP contribution in [0.15, 0.2) is 48.5 Å². The monoisotopic (exact) mass is 341 g/mol. The molecule has 0 radical (unpaired) electrons. The fourth-order valence-corrected chi connectivity index (χ4v) is 2.98. The third-order valence-corrected chi connectivity index (χ3v) is 4.50. The zero-order valence-electron chi connectivity index (χ0n) is 15.8. The first kappa shape index (κ1) is 19.2. The van der Waals surface area contributed by atoms with E-state index in [1.807, 2.05) is 24.3 Å². The molecule has 25 heavy (non-hydrogen) atoms. The molecule has 0 bridgehead atoms. The number of ether oxygens (including phenoxy) is 2. The van der Waals surface area contributed by atoms with Gasteiger partial charge in [0.05, 0.1) is 14.2 Å². The molecule has 0 aliphatic heterocycles. The average molecular weight is 341 g/mol. The van der Waals surface area contributed by atoms with E-state index in [0.29, 0.717) is 0 Å². The first-order valence-electron chi connectivity index (χ1n) is 9.34. The van der Waals surface area contributed by atoms with Gasteiger partial charge in [-0.15, -0.1) is 0 Å². The van der Waals surface area contributed by atoms with Gasteiger partial charge in [-0.1, -0.05) is 39.0 Å². The van der Waals surface area contributed by atoms with E-state index in [4.69, 9.17) is 9.47 Å². The summed E-state index contributed by atoms with van der Waals surface area (Å²) in [7, 11) is 3.40. The summed E-state index contributed by atoms with van der Waals surface area (Å²) in [6.07, 6.45) is 7.80. The van der Waals surface area contributed by atoms with E-state index in [1.54, 1.807) is 14.2 Å². The third kappa shape index (κ3) is 6.00. The topological polar surface area (TPSA) is 21.7 Å². The molecule has 2 rings (SSSR count). The van der Waals surface area contributed by atoms with E-state index < -0.39 is 0 Å². The van der Waals surface area contributed by atoms with E-state index in [-0.39, 0.29) is 0 Å². The molecule has 0 aliphatic carbocycles. The number of unbranched alkanes of at least 4 members (excludes halogenated alkanes) is 5. The number of rotatable bonds is 11. The summed E-state index contributed by atoms with van der Waals surface area (Å²) < 4.78 is 10.6. The van der Waals surface area contributed by atoms with Crippen LogP contribution in [0.3, 0.4) is 0 Å². The Kier molecular flexibility index (Phi) is 8.17. The van der Waals surface area contributed by atoms with Crippen molar-refractivity contribution < 1.29 is 9.47 Å². The van der Waals surface area contributed by atoms with Gasteiger partial charge in [0, 0.05) is 17.9 Å². The quantitative estimate of drug-likeness (QED) is 0.454. The number of methoxy groups -OCH3 is 2. The summed E-state index contributed by atoms with van der Waals surface area (Å²) in [6, 6.07) is 16.6. The summed E-state index contributed by atoms with van der Waals surface area (Å²) >= 11 is 0. The van der Waals surface area contributed by atoms with E-state index in [0.717, 1.165) is 18.0 Å². The minimum Gasteiger partial charge on any atom is -0.497 e. The van der Waals surface area contributed by atoms with Crippen LogP contribution in [0.25, 0.3) is 0 Å². The summed E-state index contributed by atoms with van der Waals surface area (Å²) in [5, 5.41) is 0. The minimum atomic E-state index is 0.887. The van der Waals surface area contributed by atoms with Crippen molar-refractivity contribution in [2.75, 3.05) is 25.7 Å². The van der Waals surface area contributed by atoms with Gasteiger partial charge in [-0.25, -0.2) is 0 Å². The standard InChI is InChI=1S/C22H31NO2/c1-4-5-6-7-8-9-18-23(19-10-14-21(24-2)15-11-19)20-12-16-22(25-3)17-13-20/h10-17H,4-9,18H2,1-3H3. The van der Waals surface area contributed by atoms with Gasteiger partial charge < -0.3 is 14.4 Å². The van der Waals surface area contributed by atoms with Crippen molar-refractivity contribution in [3.05, 3.63) is 48.5 Å². The highest BCUT2D eigenvalue weighted by Crippen LogP contribution is 2.29. The van der Waals surface area contributed by atoms with E-state index >= 15 is 0 Å². The lowest BCUT2D eigenvalue weighted by atomic mass is 10.1. The molecule has 3 heteroatoms. The molecule has 0 saturated carbocycles. The molecule has 0 atom stereocenters. The van der Waals surface area contributed by atoms with Gasteiger partial charge in [0.1, 0.15) is 11.5 Å². The highest BCUT2D eigenvalue weighted by atomic mass is 16.5. The van der Waals surface area contributed by atoms with Gasteiger partial charge in [0.15, 0.2) is 0 Å². The van der Waals surface area contributed by atoms with Crippen molar-refractivity contribution in [2.45, 2.75) is 45.4 Å². The molecule has 0 aliphatic rings. The first-order valence-corrected chi connectivity index (χ1v) is 9.34. The maximum atomic E-state index is 5.29. The second-order valence-electron chi connectivity index (χ2n) is 6.32. The Morgan fingerprint density at radius 2 is 1.08 bits per heavy atom. The van der Waals surface area contributed by atoms with Crippen LogP contribution in [0.5, 0.6) is 11.5 Å². The van der Waals surface area contributed by atoms with Crippen molar-refractivity contribution >= 4 is 11.4 Å². The maximum Gasteiger partial charge on any atom is 0.119 e. The van der Waals surface area contributed by atoms with Crippen LogP contribution >= 0.6 is 0 Å². The molecule has 0 aromatic heterocycles. The normalized spacial score (nSPS) is 10.5. The highest BCUT2D eigenvalue weighted by molar-refractivity contribution is 5.64. The predicted octanol–water partition coefficient (Wildman–Crippen LogP) is 6.20. The highest BCUT2D eigenvalue weighted by Gasteiger charge is 2.10. The van der Waals surface area contributed by atoms with Crippen molar-refractivity contribution in [2.24, 2.45) is 0 Å². The largest absolute Gasteiger partial charge is 0.497 e. The van der Waals surface area contributed by atoms with Gasteiger partial charge in [0.25, 0.3) is 0 Å². The fraction of sp³-hybridized carbons (Fsp3) is 0.455. The Balaban J connectivity index is 2.06. The molecular weight excluding hydrogens is 310 g/mol. The number of hydrogen-bond donors (Lipinski definition) is 0. The van der Waals surface area contributed by atoms with Crippen LogP contribution < -0.4 is 14.4 Å². The van der Waals surface area contributed by atoms with Gasteiger partial charge in [-0.05, 0) is 55.0 Å². The number of nitrogens with zero attached hydrogens (tertiary/aromatic N) is 1. The third-order valence-electron chi connectivity index (χ3n) is 4.50. The smallest absolute Gasteiger partial charge is 0.119 e. The fourth-order valence-electron chi connectivity index (χ4n) is 2.98. The van der Waals surface area contributed by atoms with Gasteiger partial charge in [-0.3, -0.25) is 0 Å². The van der Waals surface area contributed by atoms with E-state index in [2.05, 4.69) is 36.1 Å². The molecule has 0 spiro atoms. The van der Waals surface area contributed by atoms with Crippen molar-refractivity contribution in [3.63, 3.8) is 0 Å². The second-order valence-corrected chi connectivity index (χ2v) is 6.32. The molecule has 136 valence electrons. The first-order chi connectivity index (χ1) is 12.3. The average Bonchev–Trinajstić information content (AvgIpc) is 2.68. The van der Waals surface area contributed by atoms with Crippen LogP contribution in [0, 0.1) is 0 Å². The summed E-state index contributed by atoms with van der Waals surface area (Å²) in [6.45, 7) is 3.28. The Hall–Kier alpha value is -2.16. The molecule has 0 fully saturated rings. The van der Waals surface area contributed by atoms with Crippen LogP contribution in [0.1, 0.15) is 45.4 Å². The van der Waals surface area contributed by atoms with Crippen LogP contribution in [-0.4, -0.2) is 20.8 Å². The molecule has 0 heterocycles. The molecule has 0 amide bonds. The van der Waals surface area contributed by atoms with Crippen molar-refractivity contribution in [1.82, 2.24) is 0 Å². The van der Waals surface area contributed by atoms with Gasteiger partial charge >= 0.3 is 0 Å². The maximum absolute atomic E-state index is 5.29. The molecule has 3 nitrogen and oxygen atoms in total. The summed E-state index contributed by atoms with van der Waals surface area (Å²) in [5.41, 5.74) is 2.39. The molecule has 0 N–H and O–H groups in total. The molecule has 0 saturated heterocycles. The summed E-state index contributed by atoms with van der Waals surface area (Å²) in [4.78, 5) is 2.37. The van der Waals surface area contributed by atoms with Crippen LogP contribution in [-0.2, 0) is 0 Å². The van der Waals surface area contributed by atoms with Gasteiger partial charge in [-0.2, -0.15) is 0 Å². The Labute approximate surface area is 152 Å². The van der Waals surface area contributed by atoms with Gasteiger partial charge in [0.2, 0.25) is 0 Å². The van der Waals surface area contributed by atoms with Crippen molar-refractivity contribution in [3.8, 4) is 11.5 Å². The van der Waals surface area contributed by atoms with E-state index in [1.165, 1.54) is 49.9 Å².